The number of benzene rings is 1. The molecule has 1 unspecified atom stereocenters. The van der Waals surface area contributed by atoms with E-state index in [9.17, 15) is 9.59 Å². The Morgan fingerprint density at radius 3 is 2.70 bits per heavy atom. The summed E-state index contributed by atoms with van der Waals surface area (Å²) in [6.45, 7) is 5.80. The van der Waals surface area contributed by atoms with Gasteiger partial charge in [-0.15, -0.1) is 11.8 Å². The molecule has 0 saturated carbocycles. The van der Waals surface area contributed by atoms with Crippen molar-refractivity contribution >= 4 is 23.6 Å². The second-order valence-electron chi connectivity index (χ2n) is 8.21. The van der Waals surface area contributed by atoms with Gasteiger partial charge in [0.05, 0.1) is 13.0 Å². The van der Waals surface area contributed by atoms with Crippen LogP contribution in [-0.4, -0.2) is 57.2 Å². The Labute approximate surface area is 180 Å². The van der Waals surface area contributed by atoms with Crippen LogP contribution in [-0.2, 0) is 16.0 Å². The van der Waals surface area contributed by atoms with Crippen molar-refractivity contribution in [2.75, 3.05) is 18.7 Å². The van der Waals surface area contributed by atoms with Gasteiger partial charge in [0, 0.05) is 29.7 Å². The highest BCUT2D eigenvalue weighted by Gasteiger charge is 2.35. The van der Waals surface area contributed by atoms with Crippen LogP contribution in [0.25, 0.3) is 11.4 Å². The molecule has 9 heteroatoms. The number of methoxy groups -OCH3 is 1. The predicted octanol–water partition coefficient (Wildman–Crippen LogP) is 2.88. The van der Waals surface area contributed by atoms with E-state index in [1.54, 1.807) is 23.8 Å². The van der Waals surface area contributed by atoms with Crippen LogP contribution in [0.2, 0.25) is 0 Å². The number of thioether (sulfide) groups is 1. The van der Waals surface area contributed by atoms with Gasteiger partial charge in [0.1, 0.15) is 11.8 Å². The summed E-state index contributed by atoms with van der Waals surface area (Å²) >= 11 is 1.60. The van der Waals surface area contributed by atoms with E-state index in [1.807, 2.05) is 45.0 Å². The molecule has 1 aliphatic heterocycles. The summed E-state index contributed by atoms with van der Waals surface area (Å²) in [6.07, 6.45) is 1.42. The Hall–Kier alpha value is -2.55. The highest BCUT2D eigenvalue weighted by atomic mass is 32.2. The molecule has 2 amide bonds. The Morgan fingerprint density at radius 2 is 2.03 bits per heavy atom. The van der Waals surface area contributed by atoms with Crippen molar-refractivity contribution in [3.05, 3.63) is 30.2 Å². The lowest BCUT2D eigenvalue weighted by molar-refractivity contribution is -0.138. The van der Waals surface area contributed by atoms with Crippen LogP contribution in [0.5, 0.6) is 5.75 Å². The van der Waals surface area contributed by atoms with Gasteiger partial charge in [-0.2, -0.15) is 4.98 Å². The van der Waals surface area contributed by atoms with Gasteiger partial charge in [-0.25, -0.2) is 0 Å². The Morgan fingerprint density at radius 1 is 1.30 bits per heavy atom. The van der Waals surface area contributed by atoms with Crippen LogP contribution in [0.1, 0.15) is 39.5 Å². The topological polar surface area (TPSA) is 97.6 Å². The fourth-order valence-electron chi connectivity index (χ4n) is 3.11. The lowest BCUT2D eigenvalue weighted by atomic mass is 10.1. The normalized spacial score (nSPS) is 16.5. The molecule has 1 aromatic heterocycles. The van der Waals surface area contributed by atoms with Crippen LogP contribution in [0.15, 0.2) is 28.8 Å². The van der Waals surface area contributed by atoms with E-state index in [1.165, 1.54) is 0 Å². The average Bonchev–Trinajstić information content (AvgIpc) is 3.36. The van der Waals surface area contributed by atoms with Crippen molar-refractivity contribution in [1.82, 2.24) is 20.4 Å². The number of carbonyl (C=O) groups excluding carboxylic acids is 2. The van der Waals surface area contributed by atoms with Crippen molar-refractivity contribution in [1.29, 1.82) is 0 Å². The summed E-state index contributed by atoms with van der Waals surface area (Å²) in [5.74, 6) is 2.81. The summed E-state index contributed by atoms with van der Waals surface area (Å²) < 4.78 is 10.5. The maximum atomic E-state index is 12.7. The molecular weight excluding hydrogens is 404 g/mol. The third kappa shape index (κ3) is 5.75. The minimum Gasteiger partial charge on any atom is -0.497 e. The molecule has 0 aliphatic carbocycles. The number of amides is 2. The first-order chi connectivity index (χ1) is 14.3. The molecule has 0 bridgehead atoms. The van der Waals surface area contributed by atoms with Crippen LogP contribution < -0.4 is 10.1 Å². The Kier molecular flexibility index (Phi) is 7.02. The smallest absolute Gasteiger partial charge is 0.244 e. The zero-order chi connectivity index (χ0) is 21.7. The highest BCUT2D eigenvalue weighted by molar-refractivity contribution is 7.99. The first-order valence-corrected chi connectivity index (χ1v) is 11.1. The molecule has 2 heterocycles. The number of rotatable bonds is 7. The van der Waals surface area contributed by atoms with Gasteiger partial charge in [0.25, 0.3) is 0 Å². The van der Waals surface area contributed by atoms with Crippen LogP contribution in [0.4, 0.5) is 0 Å². The largest absolute Gasteiger partial charge is 0.497 e. The van der Waals surface area contributed by atoms with Crippen molar-refractivity contribution in [2.45, 2.75) is 51.6 Å². The maximum Gasteiger partial charge on any atom is 0.244 e. The first kappa shape index (κ1) is 22.1. The number of carbonyl (C=O) groups is 2. The third-order valence-electron chi connectivity index (χ3n) is 4.60. The number of aryl methyl sites for hydroxylation is 1. The number of nitrogens with zero attached hydrogens (tertiary/aromatic N) is 3. The molecular formula is C21H28N4O4S. The van der Waals surface area contributed by atoms with Crippen molar-refractivity contribution in [3.63, 3.8) is 0 Å². The van der Waals surface area contributed by atoms with Gasteiger partial charge in [-0.1, -0.05) is 5.16 Å². The minimum absolute atomic E-state index is 0.0241. The standard InChI is InChI=1S/C21H28N4O4S/c1-21(2,3)23-20(27)16-12-30-13-25(16)18(26)7-5-6-17-22-19(24-29-17)14-8-10-15(28-4)11-9-14/h8-11,16H,5-7,12-13H2,1-4H3,(H,23,27). The van der Waals surface area contributed by atoms with Crippen molar-refractivity contribution in [2.24, 2.45) is 0 Å². The van der Waals surface area contributed by atoms with E-state index in [0.717, 1.165) is 11.3 Å². The van der Waals surface area contributed by atoms with Crippen molar-refractivity contribution in [3.8, 4) is 17.1 Å². The molecule has 1 atom stereocenters. The lowest BCUT2D eigenvalue weighted by Gasteiger charge is -2.27. The maximum absolute atomic E-state index is 12.7. The highest BCUT2D eigenvalue weighted by Crippen LogP contribution is 2.24. The van der Waals surface area contributed by atoms with E-state index in [0.29, 0.717) is 42.6 Å². The summed E-state index contributed by atoms with van der Waals surface area (Å²) in [4.78, 5) is 31.2. The first-order valence-electron chi connectivity index (χ1n) is 9.93. The number of hydrogen-bond acceptors (Lipinski definition) is 7. The van der Waals surface area contributed by atoms with Gasteiger partial charge < -0.3 is 19.5 Å². The summed E-state index contributed by atoms with van der Waals surface area (Å²) in [5, 5.41) is 6.97. The fraction of sp³-hybridized carbons (Fsp3) is 0.524. The lowest BCUT2D eigenvalue weighted by Crippen LogP contribution is -2.52. The molecule has 1 N–H and O–H groups in total. The predicted molar refractivity (Wildman–Crippen MR) is 115 cm³/mol. The van der Waals surface area contributed by atoms with Gasteiger partial charge in [0.2, 0.25) is 23.5 Å². The molecule has 1 saturated heterocycles. The molecule has 8 nitrogen and oxygen atoms in total. The quantitative estimate of drug-likeness (QED) is 0.718. The van der Waals surface area contributed by atoms with Crippen LogP contribution >= 0.6 is 11.8 Å². The summed E-state index contributed by atoms with van der Waals surface area (Å²) in [6, 6.07) is 7.00. The average molecular weight is 433 g/mol. The summed E-state index contributed by atoms with van der Waals surface area (Å²) in [5.41, 5.74) is 0.516. The molecule has 162 valence electrons. The van der Waals surface area contributed by atoms with Gasteiger partial charge in [-0.05, 0) is 51.5 Å². The Bertz CT molecular complexity index is 876. The monoisotopic (exact) mass is 432 g/mol. The number of hydrogen-bond donors (Lipinski definition) is 1. The number of nitrogens with one attached hydrogen (secondary N) is 1. The Balaban J connectivity index is 1.50. The molecule has 1 aromatic carbocycles. The molecule has 2 aromatic rings. The van der Waals surface area contributed by atoms with Gasteiger partial charge in [-0.3, -0.25) is 9.59 Å². The van der Waals surface area contributed by atoms with Gasteiger partial charge in [0.15, 0.2) is 0 Å². The molecule has 30 heavy (non-hydrogen) atoms. The molecule has 1 aliphatic rings. The SMILES string of the molecule is COc1ccc(-c2noc(CCCC(=O)N3CSCC3C(=O)NC(C)(C)C)n2)cc1. The molecule has 3 rings (SSSR count). The van der Waals surface area contributed by atoms with E-state index in [-0.39, 0.29) is 17.4 Å². The fourth-order valence-corrected chi connectivity index (χ4v) is 4.29. The molecule has 1 fully saturated rings. The van der Waals surface area contributed by atoms with Crippen LogP contribution in [0, 0.1) is 0 Å². The third-order valence-corrected chi connectivity index (χ3v) is 5.61. The van der Waals surface area contributed by atoms with Crippen molar-refractivity contribution < 1.29 is 18.8 Å². The summed E-state index contributed by atoms with van der Waals surface area (Å²) in [7, 11) is 1.61. The van der Waals surface area contributed by atoms with E-state index in [4.69, 9.17) is 9.26 Å². The number of ether oxygens (including phenoxy) is 1. The zero-order valence-electron chi connectivity index (χ0n) is 17.8. The van der Waals surface area contributed by atoms with Crippen LogP contribution in [0.3, 0.4) is 0 Å². The zero-order valence-corrected chi connectivity index (χ0v) is 18.6. The minimum atomic E-state index is -0.410. The molecule has 0 radical (unpaired) electrons. The second kappa shape index (κ2) is 9.51. The van der Waals surface area contributed by atoms with Gasteiger partial charge >= 0.3 is 0 Å². The van der Waals surface area contributed by atoms with E-state index >= 15 is 0 Å². The van der Waals surface area contributed by atoms with E-state index in [2.05, 4.69) is 15.5 Å². The van der Waals surface area contributed by atoms with E-state index < -0.39 is 6.04 Å². The molecule has 0 spiro atoms. The second-order valence-corrected chi connectivity index (χ2v) is 9.21. The number of aromatic nitrogens is 2.